The molecule has 0 bridgehead atoms. The van der Waals surface area contributed by atoms with Crippen LogP contribution >= 0.6 is 0 Å². The maximum Gasteiger partial charge on any atom is 0.0740 e. The quantitative estimate of drug-likeness (QED) is 0.670. The Labute approximate surface area is 107 Å². The van der Waals surface area contributed by atoms with Crippen LogP contribution < -0.4 is 5.32 Å². The van der Waals surface area contributed by atoms with Crippen LogP contribution in [0.25, 0.3) is 0 Å². The monoisotopic (exact) mass is 242 g/mol. The van der Waals surface area contributed by atoms with Crippen molar-refractivity contribution in [2.24, 2.45) is 0 Å². The standard InChI is InChI=1S/C14H30N2O/c1-4-14(3,17)12-15-9-7-11-16-10-6-5-8-13(16)2/h13,15,17H,4-12H2,1-3H3. The van der Waals surface area contributed by atoms with Crippen molar-refractivity contribution in [3.63, 3.8) is 0 Å². The second-order valence-electron chi connectivity index (χ2n) is 5.76. The molecular weight excluding hydrogens is 212 g/mol. The number of rotatable bonds is 7. The second kappa shape index (κ2) is 7.34. The molecule has 1 rings (SSSR count). The summed E-state index contributed by atoms with van der Waals surface area (Å²) in [5.41, 5.74) is -0.543. The Kier molecular flexibility index (Phi) is 6.45. The van der Waals surface area contributed by atoms with E-state index < -0.39 is 5.60 Å². The summed E-state index contributed by atoms with van der Waals surface area (Å²) in [7, 11) is 0. The van der Waals surface area contributed by atoms with Crippen molar-refractivity contribution in [1.29, 1.82) is 0 Å². The van der Waals surface area contributed by atoms with Gasteiger partial charge in [0.25, 0.3) is 0 Å². The lowest BCUT2D eigenvalue weighted by Gasteiger charge is -2.33. The fourth-order valence-electron chi connectivity index (χ4n) is 2.38. The molecule has 0 spiro atoms. The molecule has 0 radical (unpaired) electrons. The molecule has 0 aromatic rings. The fourth-order valence-corrected chi connectivity index (χ4v) is 2.38. The summed E-state index contributed by atoms with van der Waals surface area (Å²) < 4.78 is 0. The van der Waals surface area contributed by atoms with E-state index in [4.69, 9.17) is 0 Å². The predicted molar refractivity (Wildman–Crippen MR) is 73.3 cm³/mol. The van der Waals surface area contributed by atoms with Gasteiger partial charge in [0.05, 0.1) is 5.60 Å². The van der Waals surface area contributed by atoms with E-state index in [1.54, 1.807) is 0 Å². The van der Waals surface area contributed by atoms with Gasteiger partial charge in [0.15, 0.2) is 0 Å². The molecule has 1 fully saturated rings. The summed E-state index contributed by atoms with van der Waals surface area (Å²) in [5, 5.41) is 13.2. The van der Waals surface area contributed by atoms with Gasteiger partial charge in [0, 0.05) is 12.6 Å². The van der Waals surface area contributed by atoms with Crippen LogP contribution in [0.2, 0.25) is 0 Å². The van der Waals surface area contributed by atoms with Gasteiger partial charge in [0.2, 0.25) is 0 Å². The van der Waals surface area contributed by atoms with Crippen molar-refractivity contribution in [3.8, 4) is 0 Å². The number of hydrogen-bond donors (Lipinski definition) is 2. The van der Waals surface area contributed by atoms with E-state index >= 15 is 0 Å². The maximum atomic E-state index is 9.84. The summed E-state index contributed by atoms with van der Waals surface area (Å²) in [6.07, 6.45) is 6.11. The van der Waals surface area contributed by atoms with Crippen LogP contribution in [0.15, 0.2) is 0 Å². The first-order valence-corrected chi connectivity index (χ1v) is 7.22. The number of hydrogen-bond acceptors (Lipinski definition) is 3. The van der Waals surface area contributed by atoms with E-state index in [0.29, 0.717) is 6.54 Å². The van der Waals surface area contributed by atoms with Crippen LogP contribution in [0.1, 0.15) is 52.9 Å². The summed E-state index contributed by atoms with van der Waals surface area (Å²) in [4.78, 5) is 2.60. The zero-order valence-electron chi connectivity index (χ0n) is 11.8. The minimum Gasteiger partial charge on any atom is -0.389 e. The highest BCUT2D eigenvalue weighted by molar-refractivity contribution is 4.75. The van der Waals surface area contributed by atoms with Crippen LogP contribution in [0, 0.1) is 0 Å². The van der Waals surface area contributed by atoms with Gasteiger partial charge in [-0.2, -0.15) is 0 Å². The summed E-state index contributed by atoms with van der Waals surface area (Å²) in [6, 6.07) is 0.766. The molecule has 2 N–H and O–H groups in total. The Hall–Kier alpha value is -0.120. The number of nitrogens with zero attached hydrogens (tertiary/aromatic N) is 1. The Morgan fingerprint density at radius 2 is 2.18 bits per heavy atom. The Morgan fingerprint density at radius 3 is 2.82 bits per heavy atom. The molecule has 0 saturated carbocycles. The second-order valence-corrected chi connectivity index (χ2v) is 5.76. The van der Waals surface area contributed by atoms with Gasteiger partial charge in [0.1, 0.15) is 0 Å². The van der Waals surface area contributed by atoms with E-state index in [1.165, 1.54) is 38.8 Å². The van der Waals surface area contributed by atoms with Gasteiger partial charge in [-0.3, -0.25) is 0 Å². The van der Waals surface area contributed by atoms with E-state index in [-0.39, 0.29) is 0 Å². The molecule has 3 heteroatoms. The Bertz CT molecular complexity index is 206. The van der Waals surface area contributed by atoms with Crippen LogP contribution in [-0.2, 0) is 0 Å². The number of aliphatic hydroxyl groups is 1. The third-order valence-corrected chi connectivity index (χ3v) is 4.01. The highest BCUT2D eigenvalue weighted by atomic mass is 16.3. The molecular formula is C14H30N2O. The van der Waals surface area contributed by atoms with Crippen molar-refractivity contribution >= 4 is 0 Å². The van der Waals surface area contributed by atoms with Crippen molar-refractivity contribution in [2.45, 2.75) is 64.5 Å². The maximum absolute atomic E-state index is 9.84. The van der Waals surface area contributed by atoms with E-state index in [0.717, 1.165) is 19.0 Å². The van der Waals surface area contributed by atoms with Crippen LogP contribution in [-0.4, -0.2) is 47.8 Å². The molecule has 1 aliphatic heterocycles. The number of likely N-dealkylation sites (tertiary alicyclic amines) is 1. The molecule has 1 saturated heterocycles. The molecule has 0 aromatic heterocycles. The van der Waals surface area contributed by atoms with Gasteiger partial charge in [-0.15, -0.1) is 0 Å². The molecule has 102 valence electrons. The molecule has 3 nitrogen and oxygen atoms in total. The van der Waals surface area contributed by atoms with E-state index in [2.05, 4.69) is 17.1 Å². The summed E-state index contributed by atoms with van der Waals surface area (Å²) in [5.74, 6) is 0. The van der Waals surface area contributed by atoms with Gasteiger partial charge in [-0.05, 0) is 59.2 Å². The van der Waals surface area contributed by atoms with Crippen molar-refractivity contribution in [2.75, 3.05) is 26.2 Å². The van der Waals surface area contributed by atoms with Crippen molar-refractivity contribution in [1.82, 2.24) is 10.2 Å². The number of nitrogens with one attached hydrogen (secondary N) is 1. The lowest BCUT2D eigenvalue weighted by Crippen LogP contribution is -2.40. The summed E-state index contributed by atoms with van der Waals surface area (Å²) in [6.45, 7) is 10.5. The fraction of sp³-hybridized carbons (Fsp3) is 1.00. The third kappa shape index (κ3) is 5.84. The first-order valence-electron chi connectivity index (χ1n) is 7.22. The van der Waals surface area contributed by atoms with Gasteiger partial charge >= 0.3 is 0 Å². The van der Waals surface area contributed by atoms with Crippen LogP contribution in [0.4, 0.5) is 0 Å². The highest BCUT2D eigenvalue weighted by Crippen LogP contribution is 2.16. The summed E-state index contributed by atoms with van der Waals surface area (Å²) >= 11 is 0. The lowest BCUT2D eigenvalue weighted by atomic mass is 10.0. The zero-order chi connectivity index (χ0) is 12.7. The van der Waals surface area contributed by atoms with Gasteiger partial charge in [-0.1, -0.05) is 13.3 Å². The Balaban J connectivity index is 2.04. The predicted octanol–water partition coefficient (Wildman–Crippen LogP) is 2.00. The molecule has 0 aliphatic carbocycles. The highest BCUT2D eigenvalue weighted by Gasteiger charge is 2.18. The van der Waals surface area contributed by atoms with Gasteiger partial charge < -0.3 is 15.3 Å². The third-order valence-electron chi connectivity index (χ3n) is 4.01. The minimum atomic E-state index is -0.543. The normalized spacial score (nSPS) is 25.8. The van der Waals surface area contributed by atoms with Gasteiger partial charge in [-0.25, -0.2) is 0 Å². The van der Waals surface area contributed by atoms with E-state index in [1.807, 2.05) is 13.8 Å². The lowest BCUT2D eigenvalue weighted by molar-refractivity contribution is 0.0555. The SMILES string of the molecule is CCC(C)(O)CNCCCN1CCCCC1C. The molecule has 0 aromatic carbocycles. The van der Waals surface area contributed by atoms with Crippen molar-refractivity contribution < 1.29 is 5.11 Å². The topological polar surface area (TPSA) is 35.5 Å². The average Bonchev–Trinajstić information content (AvgIpc) is 2.31. The van der Waals surface area contributed by atoms with Crippen LogP contribution in [0.3, 0.4) is 0 Å². The van der Waals surface area contributed by atoms with Crippen LogP contribution in [0.5, 0.6) is 0 Å². The molecule has 1 aliphatic rings. The molecule has 17 heavy (non-hydrogen) atoms. The van der Waals surface area contributed by atoms with E-state index in [9.17, 15) is 5.11 Å². The first kappa shape index (κ1) is 14.9. The largest absolute Gasteiger partial charge is 0.389 e. The molecule has 1 heterocycles. The zero-order valence-corrected chi connectivity index (χ0v) is 11.8. The molecule has 0 amide bonds. The first-order chi connectivity index (χ1) is 8.05. The average molecular weight is 242 g/mol. The minimum absolute atomic E-state index is 0.543. The molecule has 2 unspecified atom stereocenters. The Morgan fingerprint density at radius 1 is 1.41 bits per heavy atom. The number of piperidine rings is 1. The molecule has 2 atom stereocenters. The smallest absolute Gasteiger partial charge is 0.0740 e. The van der Waals surface area contributed by atoms with Crippen molar-refractivity contribution in [3.05, 3.63) is 0 Å².